The van der Waals surface area contributed by atoms with E-state index in [1.165, 1.54) is 11.8 Å². The van der Waals surface area contributed by atoms with Crippen LogP contribution in [0.1, 0.15) is 142 Å². The molecule has 6 N–H and O–H groups in total. The monoisotopic (exact) mass is 1270 g/mol. The molecular formula is C67H104N5O16S+. The van der Waals surface area contributed by atoms with Crippen molar-refractivity contribution in [2.45, 2.75) is 205 Å². The summed E-state index contributed by atoms with van der Waals surface area (Å²) in [6, 6.07) is 11.7. The van der Waals surface area contributed by atoms with Crippen LogP contribution in [0.5, 0.6) is 5.75 Å². The van der Waals surface area contributed by atoms with E-state index >= 15 is 9.59 Å². The summed E-state index contributed by atoms with van der Waals surface area (Å²) in [6.45, 7) is 15.6. The standard InChI is InChI=1S/C67H104N5O16S/c1-15-40(6)59(55(85-12)33-57(78)70-28-20-24-48(70)64(86-13)42(8)51(75)29-41(7)61(80)44-21-17-16-18-22-44)69(9)65(83)47(38(2)3)32-52(76)60(39(4)5)72(10,11)36-43-26-27-54(88-67-63(82)62(81)53(77)37-87-67)45(30-43)31-46(73)23-19-25-50(74)49(35-68)71-58(79)34-56(89-14)66(71)84/h16-18,21-22,26-27,30,38-42,47-49,53,55-56,59-64,67,77,80-82H,15,19-20,23-25,28-29,31-37,68H2,1-14H3/q+1/t40-,41-,42-,47-,48-,49-,53+,55+,56?,59-,60-,61+,62-,63+,64+,67-/m0/s1. The van der Waals surface area contributed by atoms with Gasteiger partial charge in [-0.05, 0) is 67.0 Å². The number of likely N-dealkylation sites (N-methyl/N-ethyl adjacent to an activating group) is 2. The summed E-state index contributed by atoms with van der Waals surface area (Å²) in [4.78, 5) is 116. The predicted octanol–water partition coefficient (Wildman–Crippen LogP) is 5.25. The largest absolute Gasteiger partial charge is 0.462 e. The Kier molecular flexibility index (Phi) is 28.6. The molecule has 498 valence electrons. The molecule has 3 aliphatic heterocycles. The number of rotatable bonds is 36. The molecule has 16 atom stereocenters. The fourth-order valence-electron chi connectivity index (χ4n) is 13.7. The van der Waals surface area contributed by atoms with Gasteiger partial charge in [-0.1, -0.05) is 92.1 Å². The fraction of sp³-hybridized carbons (Fsp3) is 0.701. The lowest BCUT2D eigenvalue weighted by molar-refractivity contribution is -0.922. The number of carbonyl (C=O) groups is 8. The summed E-state index contributed by atoms with van der Waals surface area (Å²) in [5.41, 5.74) is 7.76. The van der Waals surface area contributed by atoms with Crippen molar-refractivity contribution in [1.29, 1.82) is 0 Å². The Hall–Kier alpha value is -5.01. The summed E-state index contributed by atoms with van der Waals surface area (Å²) in [5, 5.41) is 41.9. The molecule has 0 aromatic heterocycles. The first kappa shape index (κ1) is 74.7. The molecule has 3 saturated heterocycles. The highest BCUT2D eigenvalue weighted by molar-refractivity contribution is 8.00. The number of aliphatic hydroxyl groups excluding tert-OH is 4. The minimum atomic E-state index is -1.63. The minimum Gasteiger partial charge on any atom is -0.462 e. The average Bonchev–Trinajstić information content (AvgIpc) is 2.23. The molecule has 4 amide bonds. The van der Waals surface area contributed by atoms with E-state index in [1.807, 2.05) is 99.8 Å². The molecule has 0 saturated carbocycles. The molecular weight excluding hydrogens is 1160 g/mol. The van der Waals surface area contributed by atoms with Crippen molar-refractivity contribution in [2.24, 2.45) is 41.2 Å². The maximum atomic E-state index is 15.1. The van der Waals surface area contributed by atoms with Crippen LogP contribution >= 0.6 is 11.8 Å². The summed E-state index contributed by atoms with van der Waals surface area (Å²) in [6.07, 6.45) is -4.63. The number of benzene rings is 2. The second-order valence-electron chi connectivity index (χ2n) is 26.4. The molecule has 22 heteroatoms. The van der Waals surface area contributed by atoms with Crippen LogP contribution in [0.4, 0.5) is 0 Å². The van der Waals surface area contributed by atoms with E-state index in [-0.39, 0.29) is 140 Å². The number of methoxy groups -OCH3 is 2. The third-order valence-corrected chi connectivity index (χ3v) is 19.8. The number of ketones is 4. The zero-order chi connectivity index (χ0) is 66.4. The van der Waals surface area contributed by atoms with Gasteiger partial charge in [0.15, 0.2) is 17.6 Å². The van der Waals surface area contributed by atoms with Crippen molar-refractivity contribution in [1.82, 2.24) is 14.7 Å². The molecule has 5 rings (SSSR count). The number of carbonyl (C=O) groups excluding carboxylic acids is 8. The lowest BCUT2D eigenvalue weighted by Crippen LogP contribution is -2.56. The molecule has 0 bridgehead atoms. The molecule has 2 aromatic rings. The highest BCUT2D eigenvalue weighted by Crippen LogP contribution is 2.35. The first-order valence-electron chi connectivity index (χ1n) is 31.8. The van der Waals surface area contributed by atoms with E-state index in [1.54, 1.807) is 55.5 Å². The number of hydrogen-bond donors (Lipinski definition) is 5. The maximum absolute atomic E-state index is 15.1. The van der Waals surface area contributed by atoms with E-state index in [9.17, 15) is 49.2 Å². The number of ether oxygens (including phenoxy) is 4. The minimum absolute atomic E-state index is 0.0190. The summed E-state index contributed by atoms with van der Waals surface area (Å²) in [5.74, 6) is -4.35. The van der Waals surface area contributed by atoms with Crippen LogP contribution < -0.4 is 10.5 Å². The molecule has 21 nitrogen and oxygen atoms in total. The van der Waals surface area contributed by atoms with Crippen molar-refractivity contribution in [2.75, 3.05) is 61.3 Å². The second-order valence-corrected chi connectivity index (χ2v) is 27.4. The van der Waals surface area contributed by atoms with Gasteiger partial charge in [0, 0.05) is 102 Å². The SMILES string of the molecule is CC[C@H](C)[C@@H]([C@@H](CC(=O)N1CCC[C@H]1[C@H](OC)[C@@H](C)C(=O)C[C@H](C)[C@@H](O)c1ccccc1)OC)N(C)C(=O)[C@@H](CC(=O)[C@H](C(C)C)[N+](C)(C)Cc1ccc(O[C@@H]2OC[C@@H](O)[C@H](O)[C@H]2O)c(CC(=O)CCCC(=O)[C@H](CN)N2C(=O)CC(SC)C2=O)c1)C(C)C. The summed E-state index contributed by atoms with van der Waals surface area (Å²) >= 11 is 1.23. The van der Waals surface area contributed by atoms with Gasteiger partial charge in [-0.3, -0.25) is 43.3 Å². The van der Waals surface area contributed by atoms with Crippen molar-refractivity contribution in [3.05, 3.63) is 65.2 Å². The van der Waals surface area contributed by atoms with Crippen LogP contribution in [-0.4, -0.2) is 214 Å². The number of amides is 4. The third kappa shape index (κ3) is 18.8. The van der Waals surface area contributed by atoms with Crippen molar-refractivity contribution in [3.63, 3.8) is 0 Å². The third-order valence-electron chi connectivity index (χ3n) is 18.8. The molecule has 0 aliphatic carbocycles. The van der Waals surface area contributed by atoms with Crippen molar-refractivity contribution < 1.29 is 82.2 Å². The van der Waals surface area contributed by atoms with Crippen LogP contribution in [0, 0.1) is 35.5 Å². The Morgan fingerprint density at radius 1 is 0.854 bits per heavy atom. The Morgan fingerprint density at radius 2 is 1.53 bits per heavy atom. The molecule has 3 fully saturated rings. The van der Waals surface area contributed by atoms with Crippen LogP contribution in [0.2, 0.25) is 0 Å². The highest BCUT2D eigenvalue weighted by atomic mass is 32.2. The molecule has 89 heavy (non-hydrogen) atoms. The van der Waals surface area contributed by atoms with E-state index in [2.05, 4.69) is 0 Å². The van der Waals surface area contributed by atoms with Gasteiger partial charge in [0.05, 0.1) is 62.8 Å². The van der Waals surface area contributed by atoms with Crippen molar-refractivity contribution >= 4 is 58.5 Å². The number of thioether (sulfide) groups is 1. The number of hydrogen-bond acceptors (Lipinski definition) is 18. The summed E-state index contributed by atoms with van der Waals surface area (Å²) in [7, 11) is 8.68. The molecule has 3 aliphatic rings. The quantitative estimate of drug-likeness (QED) is 0.0430. The maximum Gasteiger partial charge on any atom is 0.243 e. The van der Waals surface area contributed by atoms with Gasteiger partial charge in [0.25, 0.3) is 0 Å². The number of nitrogens with zero attached hydrogens (tertiary/aromatic N) is 4. The molecule has 2 aromatic carbocycles. The summed E-state index contributed by atoms with van der Waals surface area (Å²) < 4.78 is 24.0. The smallest absolute Gasteiger partial charge is 0.243 e. The molecule has 0 spiro atoms. The first-order chi connectivity index (χ1) is 42.0. The van der Waals surface area contributed by atoms with Gasteiger partial charge in [0.1, 0.15) is 48.2 Å². The number of quaternary nitrogens is 1. The van der Waals surface area contributed by atoms with Crippen LogP contribution in [0.3, 0.4) is 0 Å². The first-order valence-corrected chi connectivity index (χ1v) is 33.1. The van der Waals surface area contributed by atoms with Gasteiger partial charge in [-0.2, -0.15) is 11.8 Å². The Bertz CT molecular complexity index is 2710. The zero-order valence-corrected chi connectivity index (χ0v) is 55.9. The predicted molar refractivity (Wildman–Crippen MR) is 338 cm³/mol. The number of likely N-dealkylation sites (tertiary alicyclic amines) is 2. The Morgan fingerprint density at radius 3 is 2.11 bits per heavy atom. The van der Waals surface area contributed by atoms with Gasteiger partial charge < -0.3 is 59.4 Å². The van der Waals surface area contributed by atoms with E-state index in [0.29, 0.717) is 36.9 Å². The van der Waals surface area contributed by atoms with Crippen molar-refractivity contribution in [3.8, 4) is 5.75 Å². The van der Waals surface area contributed by atoms with Gasteiger partial charge in [-0.15, -0.1) is 0 Å². The second kappa shape index (κ2) is 34.1. The van der Waals surface area contributed by atoms with E-state index in [0.717, 1.165) is 10.5 Å². The number of imide groups is 1. The van der Waals surface area contributed by atoms with Crippen LogP contribution in [0.25, 0.3) is 0 Å². The number of Topliss-reactive ketones (excluding diaryl/α,β-unsaturated/α-hetero) is 4. The Labute approximate surface area is 531 Å². The average molecular weight is 1270 g/mol. The van der Waals surface area contributed by atoms with Gasteiger partial charge in [-0.25, -0.2) is 0 Å². The van der Waals surface area contributed by atoms with Crippen LogP contribution in [0.15, 0.2) is 48.5 Å². The topological polar surface area (TPSA) is 290 Å². The lowest BCUT2D eigenvalue weighted by atomic mass is 9.83. The van der Waals surface area contributed by atoms with E-state index < -0.39 is 95.7 Å². The van der Waals surface area contributed by atoms with Crippen LogP contribution in [-0.2, 0) is 65.5 Å². The zero-order valence-electron chi connectivity index (χ0n) is 55.1. The molecule has 3 heterocycles. The number of aliphatic hydroxyl groups is 4. The number of nitrogens with two attached hydrogens (primary N) is 1. The molecule has 1 unspecified atom stereocenters. The van der Waals surface area contributed by atoms with Gasteiger partial charge in [0.2, 0.25) is 29.9 Å². The lowest BCUT2D eigenvalue weighted by Gasteiger charge is -2.42. The highest BCUT2D eigenvalue weighted by Gasteiger charge is 2.47. The van der Waals surface area contributed by atoms with E-state index in [4.69, 9.17) is 24.7 Å². The Balaban J connectivity index is 1.31. The van der Waals surface area contributed by atoms with Gasteiger partial charge >= 0.3 is 0 Å². The normalized spacial score (nSPS) is 23.3. The fourth-order valence-corrected chi connectivity index (χ4v) is 14.3. The molecule has 0 radical (unpaired) electrons.